The first-order valence-corrected chi connectivity index (χ1v) is 15.9. The second-order valence-electron chi connectivity index (χ2n) is 9.20. The Morgan fingerprint density at radius 2 is 1.72 bits per heavy atom. The Labute approximate surface area is 236 Å². The van der Waals surface area contributed by atoms with Gasteiger partial charge in [-0.1, -0.05) is 18.3 Å². The van der Waals surface area contributed by atoms with Crippen LogP contribution in [0.25, 0.3) is 0 Å². The van der Waals surface area contributed by atoms with Crippen molar-refractivity contribution >= 4 is 70.6 Å². The standard InChI is InChI=1S/C26H30N8O2S3/c1-4-39(35,36)26-28-25(38-33-26)32-30-22-10-7-19(15-18(22)3)27-21-9-8-20(16-17(21)2)29-31-23-11-12-24(37-23)34-13-5-6-14-34/h7-12,15-16,27,29,31H,4-6,13-14H2,1-3H3. The van der Waals surface area contributed by atoms with Crippen LogP contribution in [0.15, 0.2) is 63.9 Å². The van der Waals surface area contributed by atoms with Gasteiger partial charge in [-0.2, -0.15) is 9.36 Å². The van der Waals surface area contributed by atoms with Gasteiger partial charge in [-0.15, -0.1) is 10.2 Å². The highest BCUT2D eigenvalue weighted by molar-refractivity contribution is 7.91. The zero-order valence-corrected chi connectivity index (χ0v) is 24.4. The minimum Gasteiger partial charge on any atom is -0.363 e. The lowest BCUT2D eigenvalue weighted by atomic mass is 10.1. The van der Waals surface area contributed by atoms with E-state index in [1.54, 1.807) is 18.3 Å². The summed E-state index contributed by atoms with van der Waals surface area (Å²) in [7, 11) is -3.46. The van der Waals surface area contributed by atoms with E-state index in [0.717, 1.165) is 57.8 Å². The zero-order valence-electron chi connectivity index (χ0n) is 21.9. The highest BCUT2D eigenvalue weighted by Gasteiger charge is 2.18. The number of hydrogen-bond acceptors (Lipinski definition) is 12. The topological polar surface area (TPSA) is 124 Å². The maximum atomic E-state index is 11.9. The summed E-state index contributed by atoms with van der Waals surface area (Å²) in [6, 6.07) is 16.2. The molecular formula is C26H30N8O2S3. The molecule has 3 N–H and O–H groups in total. The smallest absolute Gasteiger partial charge is 0.260 e. The molecule has 5 rings (SSSR count). The van der Waals surface area contributed by atoms with Gasteiger partial charge in [0.05, 0.1) is 22.1 Å². The Morgan fingerprint density at radius 3 is 2.46 bits per heavy atom. The summed E-state index contributed by atoms with van der Waals surface area (Å²) in [6.07, 6.45) is 2.54. The van der Waals surface area contributed by atoms with Gasteiger partial charge in [0.15, 0.2) is 0 Å². The second-order valence-corrected chi connectivity index (χ2v) is 13.2. The fraction of sp³-hybridized carbons (Fsp3) is 0.308. The van der Waals surface area contributed by atoms with Crippen molar-refractivity contribution in [2.75, 3.05) is 39.9 Å². The molecule has 0 amide bonds. The molecule has 13 heteroatoms. The van der Waals surface area contributed by atoms with E-state index in [2.05, 4.69) is 65.8 Å². The van der Waals surface area contributed by atoms with E-state index in [0.29, 0.717) is 5.69 Å². The predicted octanol–water partition coefficient (Wildman–Crippen LogP) is 7.21. The average molecular weight is 583 g/mol. The molecule has 204 valence electrons. The number of hydrogen-bond donors (Lipinski definition) is 3. The van der Waals surface area contributed by atoms with E-state index in [4.69, 9.17) is 0 Å². The maximum absolute atomic E-state index is 11.9. The molecular weight excluding hydrogens is 553 g/mol. The average Bonchev–Trinajstić information content (AvgIpc) is 3.70. The Balaban J connectivity index is 1.19. The third kappa shape index (κ3) is 6.54. The number of nitrogens with zero attached hydrogens (tertiary/aromatic N) is 5. The summed E-state index contributed by atoms with van der Waals surface area (Å²) >= 11 is 2.67. The first-order valence-electron chi connectivity index (χ1n) is 12.6. The van der Waals surface area contributed by atoms with Gasteiger partial charge < -0.3 is 15.6 Å². The van der Waals surface area contributed by atoms with Crippen molar-refractivity contribution in [3.8, 4) is 0 Å². The van der Waals surface area contributed by atoms with E-state index in [-0.39, 0.29) is 16.0 Å². The first kappa shape index (κ1) is 27.0. The molecule has 2 aromatic heterocycles. The van der Waals surface area contributed by atoms with E-state index >= 15 is 0 Å². The van der Waals surface area contributed by atoms with Crippen molar-refractivity contribution in [3.05, 3.63) is 59.7 Å². The van der Waals surface area contributed by atoms with E-state index < -0.39 is 9.84 Å². The number of aryl methyl sites for hydroxylation is 2. The van der Waals surface area contributed by atoms with Crippen LogP contribution in [0.3, 0.4) is 0 Å². The van der Waals surface area contributed by atoms with Crippen LogP contribution in [0.5, 0.6) is 0 Å². The second kappa shape index (κ2) is 11.7. The van der Waals surface area contributed by atoms with Crippen LogP contribution in [0, 0.1) is 13.8 Å². The van der Waals surface area contributed by atoms with Crippen molar-refractivity contribution in [3.63, 3.8) is 0 Å². The van der Waals surface area contributed by atoms with E-state index in [9.17, 15) is 8.42 Å². The quantitative estimate of drug-likeness (QED) is 0.132. The maximum Gasteiger partial charge on any atom is 0.260 e. The lowest BCUT2D eigenvalue weighted by molar-refractivity contribution is 0.590. The molecule has 10 nitrogen and oxygen atoms in total. The van der Waals surface area contributed by atoms with Gasteiger partial charge in [0.2, 0.25) is 15.0 Å². The number of nitrogens with one attached hydrogen (secondary N) is 3. The summed E-state index contributed by atoms with van der Waals surface area (Å²) in [5.41, 5.74) is 12.2. The summed E-state index contributed by atoms with van der Waals surface area (Å²) in [4.78, 5) is 6.41. The molecule has 1 aliphatic heterocycles. The molecule has 0 bridgehead atoms. The zero-order chi connectivity index (χ0) is 27.4. The lowest BCUT2D eigenvalue weighted by Crippen LogP contribution is -2.15. The molecule has 0 aliphatic carbocycles. The highest BCUT2D eigenvalue weighted by atomic mass is 32.2. The summed E-state index contributed by atoms with van der Waals surface area (Å²) < 4.78 is 27.7. The third-order valence-electron chi connectivity index (χ3n) is 6.34. The van der Waals surface area contributed by atoms with Crippen molar-refractivity contribution in [1.29, 1.82) is 0 Å². The fourth-order valence-electron chi connectivity index (χ4n) is 4.11. The summed E-state index contributed by atoms with van der Waals surface area (Å²) in [5, 5.41) is 14.2. The summed E-state index contributed by atoms with van der Waals surface area (Å²) in [5.74, 6) is -0.0572. The minimum absolute atomic E-state index is 0.0572. The van der Waals surface area contributed by atoms with E-state index in [1.807, 2.05) is 37.3 Å². The fourth-order valence-corrected chi connectivity index (χ4v) is 6.54. The Kier molecular flexibility index (Phi) is 8.10. The molecule has 0 atom stereocenters. The molecule has 39 heavy (non-hydrogen) atoms. The summed E-state index contributed by atoms with van der Waals surface area (Å²) in [6.45, 7) is 7.85. The molecule has 0 unspecified atom stereocenters. The number of sulfone groups is 1. The molecule has 1 fully saturated rings. The SMILES string of the molecule is CCS(=O)(=O)c1nsc(N=Nc2ccc(Nc3ccc(NNc4ccc(N5CCCC5)s4)cc3C)cc2C)n1. The van der Waals surface area contributed by atoms with Crippen LogP contribution in [-0.4, -0.2) is 36.6 Å². The largest absolute Gasteiger partial charge is 0.363 e. The number of hydrazine groups is 1. The number of azo groups is 1. The van der Waals surface area contributed by atoms with Crippen molar-refractivity contribution < 1.29 is 8.42 Å². The van der Waals surface area contributed by atoms with Gasteiger partial charge in [0.1, 0.15) is 5.00 Å². The Morgan fingerprint density at radius 1 is 0.949 bits per heavy atom. The number of thiophene rings is 1. The van der Waals surface area contributed by atoms with Crippen molar-refractivity contribution in [2.24, 2.45) is 10.2 Å². The van der Waals surface area contributed by atoms with Crippen LogP contribution < -0.4 is 21.1 Å². The monoisotopic (exact) mass is 582 g/mol. The first-order chi connectivity index (χ1) is 18.8. The van der Waals surface area contributed by atoms with E-state index in [1.165, 1.54) is 17.8 Å². The van der Waals surface area contributed by atoms with Crippen molar-refractivity contribution in [2.45, 2.75) is 38.8 Å². The molecule has 0 radical (unpaired) electrons. The van der Waals surface area contributed by atoms with Crippen LogP contribution in [-0.2, 0) is 9.84 Å². The molecule has 1 aliphatic rings. The minimum atomic E-state index is -3.46. The lowest BCUT2D eigenvalue weighted by Gasteiger charge is -2.15. The molecule has 1 saturated heterocycles. The number of rotatable bonds is 10. The number of anilines is 5. The molecule has 0 spiro atoms. The van der Waals surface area contributed by atoms with Crippen LogP contribution in [0.2, 0.25) is 0 Å². The normalized spacial score (nSPS) is 13.8. The van der Waals surface area contributed by atoms with Gasteiger partial charge >= 0.3 is 0 Å². The highest BCUT2D eigenvalue weighted by Crippen LogP contribution is 2.33. The predicted molar refractivity (Wildman–Crippen MR) is 160 cm³/mol. The Hall–Kier alpha value is -3.55. The Bertz CT molecular complexity index is 1590. The van der Waals surface area contributed by atoms with Crippen LogP contribution in [0.4, 0.5) is 37.9 Å². The van der Waals surface area contributed by atoms with Gasteiger partial charge in [-0.3, -0.25) is 5.43 Å². The molecule has 3 heterocycles. The van der Waals surface area contributed by atoms with Crippen LogP contribution >= 0.6 is 22.9 Å². The van der Waals surface area contributed by atoms with Crippen molar-refractivity contribution in [1.82, 2.24) is 9.36 Å². The number of aromatic nitrogens is 2. The number of benzene rings is 2. The van der Waals surface area contributed by atoms with Gasteiger partial charge in [-0.05, 0) is 86.3 Å². The molecule has 2 aromatic carbocycles. The van der Waals surface area contributed by atoms with Crippen LogP contribution in [0.1, 0.15) is 30.9 Å². The van der Waals surface area contributed by atoms with Gasteiger partial charge in [0, 0.05) is 36.0 Å². The third-order valence-corrected chi connectivity index (χ3v) is 9.62. The molecule has 4 aromatic rings. The van der Waals surface area contributed by atoms with Gasteiger partial charge in [0.25, 0.3) is 5.16 Å². The molecule has 0 saturated carbocycles. The van der Waals surface area contributed by atoms with Gasteiger partial charge in [-0.25, -0.2) is 8.42 Å².